The summed E-state index contributed by atoms with van der Waals surface area (Å²) in [7, 11) is 0. The van der Waals surface area contributed by atoms with E-state index in [1.807, 2.05) is 12.1 Å². The monoisotopic (exact) mass is 322 g/mol. The van der Waals surface area contributed by atoms with Crippen molar-refractivity contribution in [3.05, 3.63) is 41.5 Å². The number of morpholine rings is 1. The van der Waals surface area contributed by atoms with E-state index in [1.54, 1.807) is 6.92 Å². The summed E-state index contributed by atoms with van der Waals surface area (Å²) in [5.41, 5.74) is 2.27. The fraction of sp³-hybridized carbons (Fsp3) is 0.500. The zero-order chi connectivity index (χ0) is 16.9. The highest BCUT2D eigenvalue weighted by atomic mass is 16.5. The Hall–Kier alpha value is -1.96. The second-order valence-corrected chi connectivity index (χ2v) is 7.21. The summed E-state index contributed by atoms with van der Waals surface area (Å²) < 4.78 is 5.46. The number of fused-ring (bicyclic) bond motifs is 3. The molecule has 1 aliphatic heterocycles. The molecule has 1 saturated carbocycles. The maximum Gasteiger partial charge on any atom is 0.141 e. The molecule has 1 aromatic rings. The van der Waals surface area contributed by atoms with Crippen molar-refractivity contribution in [1.29, 1.82) is 5.26 Å². The number of hydrogen-bond donors (Lipinski definition) is 0. The Morgan fingerprint density at radius 2 is 2.04 bits per heavy atom. The van der Waals surface area contributed by atoms with E-state index in [-0.39, 0.29) is 11.7 Å². The first-order valence-electron chi connectivity index (χ1n) is 8.59. The number of benzene rings is 1. The molecule has 0 aromatic heterocycles. The van der Waals surface area contributed by atoms with Gasteiger partial charge in [0.25, 0.3) is 0 Å². The molecule has 1 aromatic carbocycles. The normalized spacial score (nSPS) is 35.0. The van der Waals surface area contributed by atoms with E-state index >= 15 is 0 Å². The molecule has 0 bridgehead atoms. The number of nitriles is 1. The average molecular weight is 322 g/mol. The highest BCUT2D eigenvalue weighted by molar-refractivity contribution is 5.95. The number of ketones is 1. The van der Waals surface area contributed by atoms with Crippen molar-refractivity contribution in [2.24, 2.45) is 5.92 Å². The number of allylic oxidation sites excluding steroid dienone is 1. The molecule has 124 valence electrons. The predicted octanol–water partition coefficient (Wildman–Crippen LogP) is 2.54. The Morgan fingerprint density at radius 3 is 2.71 bits per heavy atom. The molecule has 0 amide bonds. The number of hydrogen-bond acceptors (Lipinski definition) is 4. The molecule has 4 rings (SSSR count). The minimum atomic E-state index is -0.593. The van der Waals surface area contributed by atoms with E-state index < -0.39 is 11.0 Å². The largest absolute Gasteiger partial charge is 0.379 e. The van der Waals surface area contributed by atoms with E-state index in [2.05, 4.69) is 36.1 Å². The van der Waals surface area contributed by atoms with Gasteiger partial charge in [0.2, 0.25) is 0 Å². The third-order valence-electron chi connectivity index (χ3n) is 6.24. The van der Waals surface area contributed by atoms with E-state index in [9.17, 15) is 10.1 Å². The fourth-order valence-electron chi connectivity index (χ4n) is 5.00. The van der Waals surface area contributed by atoms with Gasteiger partial charge < -0.3 is 4.74 Å². The van der Waals surface area contributed by atoms with Gasteiger partial charge in [0.05, 0.1) is 24.7 Å². The third-order valence-corrected chi connectivity index (χ3v) is 6.24. The third kappa shape index (κ3) is 1.77. The molecule has 4 heteroatoms. The lowest BCUT2D eigenvalue weighted by Crippen LogP contribution is -2.74. The maximum absolute atomic E-state index is 12.8. The van der Waals surface area contributed by atoms with Crippen LogP contribution in [0.1, 0.15) is 31.4 Å². The molecule has 0 radical (unpaired) electrons. The minimum Gasteiger partial charge on any atom is -0.379 e. The van der Waals surface area contributed by atoms with Gasteiger partial charge in [0.1, 0.15) is 11.3 Å². The molecule has 0 spiro atoms. The Balaban J connectivity index is 1.85. The van der Waals surface area contributed by atoms with Gasteiger partial charge in [-0.05, 0) is 37.0 Å². The van der Waals surface area contributed by atoms with Crippen LogP contribution in [-0.4, -0.2) is 42.5 Å². The Kier molecular flexibility index (Phi) is 3.42. The van der Waals surface area contributed by atoms with Gasteiger partial charge in [-0.1, -0.05) is 30.3 Å². The van der Waals surface area contributed by atoms with Crippen molar-refractivity contribution in [3.63, 3.8) is 0 Å². The molecule has 0 N–H and O–H groups in total. The number of carbonyl (C=O) groups excluding carboxylic acids is 1. The first kappa shape index (κ1) is 15.6. The zero-order valence-electron chi connectivity index (χ0n) is 14.2. The number of nitrogens with zero attached hydrogens (tertiary/aromatic N) is 2. The summed E-state index contributed by atoms with van der Waals surface area (Å²) in [6.07, 6.45) is 2.75. The summed E-state index contributed by atoms with van der Waals surface area (Å²) in [6, 6.07) is 10.8. The smallest absolute Gasteiger partial charge is 0.141 e. The van der Waals surface area contributed by atoms with Crippen LogP contribution >= 0.6 is 0 Å². The standard InChI is InChI=1S/C20H22N2O2/c1-14-11-18-19(13-21,22-7-9-24-10-8-22)12-20(18,15(2)23)17-6-4-3-5-16(14)17/h3-6,11,18H,7-10,12H2,1-2H3/t18-,19+,20-/m1/s1. The number of carbonyl (C=O) groups is 1. The SMILES string of the molecule is CC(=O)[C@@]12C[C@@](C#N)(N3CCOCC3)[C@H]1C=C(C)c1ccccc12. The van der Waals surface area contributed by atoms with Gasteiger partial charge in [-0.3, -0.25) is 9.69 Å². The zero-order valence-corrected chi connectivity index (χ0v) is 14.2. The summed E-state index contributed by atoms with van der Waals surface area (Å²) in [5, 5.41) is 10.1. The first-order chi connectivity index (χ1) is 11.6. The maximum atomic E-state index is 12.8. The predicted molar refractivity (Wildman–Crippen MR) is 91.3 cm³/mol. The fourth-order valence-corrected chi connectivity index (χ4v) is 5.00. The average Bonchev–Trinajstić information content (AvgIpc) is 2.60. The summed E-state index contributed by atoms with van der Waals surface area (Å²) in [5.74, 6) is 0.0864. The Morgan fingerprint density at radius 1 is 1.33 bits per heavy atom. The van der Waals surface area contributed by atoms with Crippen molar-refractivity contribution >= 4 is 11.4 Å². The molecular weight excluding hydrogens is 300 g/mol. The molecule has 2 aliphatic carbocycles. The van der Waals surface area contributed by atoms with Crippen LogP contribution in [0.25, 0.3) is 5.57 Å². The van der Waals surface area contributed by atoms with Crippen LogP contribution in [0.3, 0.4) is 0 Å². The van der Waals surface area contributed by atoms with Crippen molar-refractivity contribution in [3.8, 4) is 6.07 Å². The van der Waals surface area contributed by atoms with Gasteiger partial charge in [-0.15, -0.1) is 0 Å². The number of Topliss-reactive ketones (excluding diaryl/α,β-unsaturated/α-hetero) is 1. The Labute approximate surface area is 142 Å². The van der Waals surface area contributed by atoms with E-state index in [0.29, 0.717) is 19.6 Å². The molecule has 2 fully saturated rings. The van der Waals surface area contributed by atoms with Crippen LogP contribution < -0.4 is 0 Å². The minimum absolute atomic E-state index is 0.0829. The summed E-state index contributed by atoms with van der Waals surface area (Å²) >= 11 is 0. The first-order valence-corrected chi connectivity index (χ1v) is 8.59. The quantitative estimate of drug-likeness (QED) is 0.840. The highest BCUT2D eigenvalue weighted by Gasteiger charge is 2.69. The van der Waals surface area contributed by atoms with Crippen molar-refractivity contribution in [1.82, 2.24) is 4.90 Å². The van der Waals surface area contributed by atoms with Gasteiger partial charge in [-0.2, -0.15) is 5.26 Å². The number of rotatable bonds is 2. The van der Waals surface area contributed by atoms with Gasteiger partial charge >= 0.3 is 0 Å². The molecule has 0 unspecified atom stereocenters. The Bertz CT molecular complexity index is 772. The molecule has 3 atom stereocenters. The topological polar surface area (TPSA) is 53.3 Å². The van der Waals surface area contributed by atoms with Crippen molar-refractivity contribution in [2.75, 3.05) is 26.3 Å². The van der Waals surface area contributed by atoms with Crippen LogP contribution in [0.2, 0.25) is 0 Å². The lowest BCUT2D eigenvalue weighted by atomic mass is 9.43. The van der Waals surface area contributed by atoms with Gasteiger partial charge in [-0.25, -0.2) is 0 Å². The molecule has 1 heterocycles. The lowest BCUT2D eigenvalue weighted by molar-refractivity contribution is -0.142. The van der Waals surface area contributed by atoms with E-state index in [4.69, 9.17) is 4.74 Å². The molecule has 4 nitrogen and oxygen atoms in total. The summed E-state index contributed by atoms with van der Waals surface area (Å²) in [6.45, 7) is 6.59. The van der Waals surface area contributed by atoms with E-state index in [1.165, 1.54) is 5.57 Å². The van der Waals surface area contributed by atoms with Crippen LogP contribution in [0.4, 0.5) is 0 Å². The molecule has 24 heavy (non-hydrogen) atoms. The van der Waals surface area contributed by atoms with E-state index in [0.717, 1.165) is 24.2 Å². The van der Waals surface area contributed by atoms with Gasteiger partial charge in [0.15, 0.2) is 0 Å². The molecule has 1 saturated heterocycles. The molecular formula is C20H22N2O2. The summed E-state index contributed by atoms with van der Waals surface area (Å²) in [4.78, 5) is 15.0. The number of ether oxygens (including phenoxy) is 1. The lowest BCUT2D eigenvalue weighted by Gasteiger charge is -2.63. The second kappa shape index (κ2) is 5.27. The van der Waals surface area contributed by atoms with Crippen molar-refractivity contribution < 1.29 is 9.53 Å². The van der Waals surface area contributed by atoms with Crippen LogP contribution in [0, 0.1) is 17.2 Å². The van der Waals surface area contributed by atoms with Crippen molar-refractivity contribution in [2.45, 2.75) is 31.2 Å². The van der Waals surface area contributed by atoms with Crippen LogP contribution in [0.15, 0.2) is 30.3 Å². The van der Waals surface area contributed by atoms with Gasteiger partial charge in [0, 0.05) is 19.0 Å². The van der Waals surface area contributed by atoms with Crippen LogP contribution in [0.5, 0.6) is 0 Å². The second-order valence-electron chi connectivity index (χ2n) is 7.21. The highest BCUT2D eigenvalue weighted by Crippen LogP contribution is 2.62. The molecule has 3 aliphatic rings. The van der Waals surface area contributed by atoms with Crippen LogP contribution in [-0.2, 0) is 14.9 Å².